The van der Waals surface area contributed by atoms with Crippen LogP contribution in [0.25, 0.3) is 0 Å². The number of nitrogens with one attached hydrogen (secondary N) is 1. The molecule has 0 bridgehead atoms. The smallest absolute Gasteiger partial charge is 0.242 e. The molecule has 1 saturated carbocycles. The molecule has 0 spiro atoms. The molecule has 0 aliphatic heterocycles. The summed E-state index contributed by atoms with van der Waals surface area (Å²) in [5.74, 6) is -2.78. The van der Waals surface area contributed by atoms with Crippen LogP contribution in [0.5, 0.6) is 0 Å². The first-order valence-corrected chi connectivity index (χ1v) is 15.4. The number of rotatable bonds is 11. The van der Waals surface area contributed by atoms with Gasteiger partial charge in [-0.1, -0.05) is 47.3 Å². The van der Waals surface area contributed by atoms with Crippen LogP contribution in [0, 0.1) is 11.6 Å². The average Bonchev–Trinajstić information content (AvgIpc) is 2.86. The van der Waals surface area contributed by atoms with Crippen LogP contribution >= 0.6 is 15.9 Å². The summed E-state index contributed by atoms with van der Waals surface area (Å²) in [6.07, 6.45) is 6.18. The van der Waals surface area contributed by atoms with E-state index in [2.05, 4.69) is 21.2 Å². The highest BCUT2D eigenvalue weighted by molar-refractivity contribution is 9.10. The standard InChI is InChI=1S/C27H34BrF2N3O4S/c1-19(27(35)31-22-10-4-3-5-11-22)32(18-20-8-6-9-21(28)16-20)26(34)12-7-15-33(38(2,36)37)23-13-14-24(29)25(30)17-23/h6,8-9,13-14,16-17,19,22H,3-5,7,10-12,15,18H2,1-2H3,(H,31,35). The van der Waals surface area contributed by atoms with Gasteiger partial charge in [-0.25, -0.2) is 17.2 Å². The Morgan fingerprint density at radius 2 is 1.79 bits per heavy atom. The van der Waals surface area contributed by atoms with Gasteiger partial charge in [-0.2, -0.15) is 0 Å². The van der Waals surface area contributed by atoms with Gasteiger partial charge in [0.25, 0.3) is 0 Å². The van der Waals surface area contributed by atoms with Crippen LogP contribution in [0.1, 0.15) is 57.4 Å². The summed E-state index contributed by atoms with van der Waals surface area (Å²) >= 11 is 3.43. The SMILES string of the molecule is CC(C(=O)NC1CCCCC1)N(Cc1cccc(Br)c1)C(=O)CCCN(c1ccc(F)c(F)c1)S(C)(=O)=O. The summed E-state index contributed by atoms with van der Waals surface area (Å²) in [4.78, 5) is 28.0. The maximum Gasteiger partial charge on any atom is 0.242 e. The van der Waals surface area contributed by atoms with Crippen molar-refractivity contribution in [2.24, 2.45) is 0 Å². The molecule has 2 amide bonds. The van der Waals surface area contributed by atoms with Crippen molar-refractivity contribution < 1.29 is 26.8 Å². The first-order valence-electron chi connectivity index (χ1n) is 12.7. The molecule has 7 nitrogen and oxygen atoms in total. The largest absolute Gasteiger partial charge is 0.352 e. The normalized spacial score (nSPS) is 15.1. The van der Waals surface area contributed by atoms with Crippen molar-refractivity contribution in [1.82, 2.24) is 10.2 Å². The Morgan fingerprint density at radius 1 is 1.08 bits per heavy atom. The zero-order chi connectivity index (χ0) is 27.9. The molecule has 38 heavy (non-hydrogen) atoms. The number of nitrogens with zero attached hydrogens (tertiary/aromatic N) is 2. The van der Waals surface area contributed by atoms with Crippen molar-refractivity contribution in [3.05, 3.63) is 64.1 Å². The molecular weight excluding hydrogens is 580 g/mol. The van der Waals surface area contributed by atoms with E-state index in [1.165, 1.54) is 11.0 Å². The lowest BCUT2D eigenvalue weighted by molar-refractivity contribution is -0.141. The lowest BCUT2D eigenvalue weighted by atomic mass is 9.95. The molecule has 208 valence electrons. The van der Waals surface area contributed by atoms with Gasteiger partial charge in [0.15, 0.2) is 11.6 Å². The van der Waals surface area contributed by atoms with Gasteiger partial charge in [0.1, 0.15) is 6.04 Å². The Balaban J connectivity index is 1.72. The molecular formula is C27H34BrF2N3O4S. The second-order valence-corrected chi connectivity index (χ2v) is 12.5. The van der Waals surface area contributed by atoms with Gasteiger partial charge in [-0.15, -0.1) is 0 Å². The zero-order valence-electron chi connectivity index (χ0n) is 21.6. The lowest BCUT2D eigenvalue weighted by Crippen LogP contribution is -2.50. The zero-order valence-corrected chi connectivity index (χ0v) is 24.0. The molecule has 0 heterocycles. The van der Waals surface area contributed by atoms with Crippen LogP contribution < -0.4 is 9.62 Å². The summed E-state index contributed by atoms with van der Waals surface area (Å²) < 4.78 is 53.6. The van der Waals surface area contributed by atoms with Crippen molar-refractivity contribution in [2.45, 2.75) is 70.5 Å². The summed E-state index contributed by atoms with van der Waals surface area (Å²) in [6, 6.07) is 9.68. The predicted molar refractivity (Wildman–Crippen MR) is 147 cm³/mol. The van der Waals surface area contributed by atoms with Gasteiger partial charge >= 0.3 is 0 Å². The van der Waals surface area contributed by atoms with Gasteiger partial charge in [0.2, 0.25) is 21.8 Å². The van der Waals surface area contributed by atoms with Crippen molar-refractivity contribution in [3.8, 4) is 0 Å². The van der Waals surface area contributed by atoms with Crippen molar-refractivity contribution in [3.63, 3.8) is 0 Å². The number of benzene rings is 2. The molecule has 2 aromatic rings. The van der Waals surface area contributed by atoms with E-state index in [0.717, 1.165) is 64.8 Å². The van der Waals surface area contributed by atoms with Gasteiger partial charge in [-0.05, 0) is 56.0 Å². The minimum Gasteiger partial charge on any atom is -0.352 e. The number of sulfonamides is 1. The quantitative estimate of drug-likeness (QED) is 0.380. The molecule has 11 heteroatoms. The van der Waals surface area contributed by atoms with Crippen LogP contribution in [-0.2, 0) is 26.2 Å². The van der Waals surface area contributed by atoms with Crippen molar-refractivity contribution in [1.29, 1.82) is 0 Å². The summed E-state index contributed by atoms with van der Waals surface area (Å²) in [5, 5.41) is 3.08. The Morgan fingerprint density at radius 3 is 2.42 bits per heavy atom. The molecule has 1 fully saturated rings. The second kappa shape index (κ2) is 13.5. The van der Waals surface area contributed by atoms with Gasteiger partial charge in [-0.3, -0.25) is 13.9 Å². The molecule has 1 unspecified atom stereocenters. The van der Waals surface area contributed by atoms with Gasteiger partial charge in [0.05, 0.1) is 11.9 Å². The van der Waals surface area contributed by atoms with Crippen LogP contribution in [0.15, 0.2) is 46.9 Å². The Labute approximate surface area is 231 Å². The Hall–Kier alpha value is -2.53. The van der Waals surface area contributed by atoms with E-state index in [9.17, 15) is 26.8 Å². The van der Waals surface area contributed by atoms with E-state index in [1.54, 1.807) is 6.92 Å². The molecule has 0 radical (unpaired) electrons. The fourth-order valence-electron chi connectivity index (χ4n) is 4.63. The highest BCUT2D eigenvalue weighted by atomic mass is 79.9. The molecule has 1 aliphatic carbocycles. The predicted octanol–water partition coefficient (Wildman–Crippen LogP) is 5.14. The van der Waals surface area contributed by atoms with Crippen LogP contribution in [0.2, 0.25) is 0 Å². The van der Waals surface area contributed by atoms with Gasteiger partial charge < -0.3 is 10.2 Å². The molecule has 0 aromatic heterocycles. The Bertz CT molecular complexity index is 1240. The van der Waals surface area contributed by atoms with E-state index in [4.69, 9.17) is 0 Å². The Kier molecular flexibility index (Phi) is 10.7. The molecule has 2 aromatic carbocycles. The number of halogens is 3. The third-order valence-corrected chi connectivity index (χ3v) is 8.39. The molecule has 1 atom stereocenters. The van der Waals surface area contributed by atoms with Crippen LogP contribution in [0.3, 0.4) is 0 Å². The van der Waals surface area contributed by atoms with E-state index in [1.807, 2.05) is 24.3 Å². The average molecular weight is 615 g/mol. The van der Waals surface area contributed by atoms with E-state index >= 15 is 0 Å². The summed E-state index contributed by atoms with van der Waals surface area (Å²) in [7, 11) is -3.82. The van der Waals surface area contributed by atoms with Gasteiger partial charge in [0, 0.05) is 36.1 Å². The third kappa shape index (κ3) is 8.49. The van der Waals surface area contributed by atoms with Crippen LogP contribution in [-0.4, -0.2) is 50.0 Å². The fourth-order valence-corrected chi connectivity index (χ4v) is 6.03. The maximum absolute atomic E-state index is 13.8. The number of carbonyl (C=O) groups excluding carboxylic acids is 2. The molecule has 1 aliphatic rings. The topological polar surface area (TPSA) is 86.8 Å². The van der Waals surface area contributed by atoms with E-state index in [0.29, 0.717) is 0 Å². The minimum absolute atomic E-state index is 0.0231. The van der Waals surface area contributed by atoms with E-state index < -0.39 is 27.7 Å². The minimum atomic E-state index is -3.82. The number of hydrogen-bond acceptors (Lipinski definition) is 4. The molecule has 0 saturated heterocycles. The molecule has 3 rings (SSSR count). The van der Waals surface area contributed by atoms with Crippen molar-refractivity contribution in [2.75, 3.05) is 17.1 Å². The first-order chi connectivity index (χ1) is 18.0. The maximum atomic E-state index is 13.8. The fraction of sp³-hybridized carbons (Fsp3) is 0.481. The highest BCUT2D eigenvalue weighted by Gasteiger charge is 2.28. The molecule has 1 N–H and O–H groups in total. The first kappa shape index (κ1) is 30.0. The lowest BCUT2D eigenvalue weighted by Gasteiger charge is -2.31. The third-order valence-electron chi connectivity index (χ3n) is 6.70. The number of anilines is 1. The second-order valence-electron chi connectivity index (χ2n) is 9.71. The number of amides is 2. The van der Waals surface area contributed by atoms with Crippen LogP contribution in [0.4, 0.5) is 14.5 Å². The number of hydrogen-bond donors (Lipinski definition) is 1. The summed E-state index contributed by atoms with van der Waals surface area (Å²) in [5.41, 5.74) is 0.814. The number of carbonyl (C=O) groups is 2. The summed E-state index contributed by atoms with van der Waals surface area (Å²) in [6.45, 7) is 1.79. The monoisotopic (exact) mass is 613 g/mol. The highest BCUT2D eigenvalue weighted by Crippen LogP contribution is 2.23. The van der Waals surface area contributed by atoms with E-state index in [-0.39, 0.29) is 49.5 Å². The van der Waals surface area contributed by atoms with Crippen molar-refractivity contribution >= 4 is 43.5 Å².